The number of sulfonamides is 1. The lowest BCUT2D eigenvalue weighted by atomic mass is 10.2. The van der Waals surface area contributed by atoms with Crippen LogP contribution in [0.3, 0.4) is 0 Å². The van der Waals surface area contributed by atoms with Crippen LogP contribution >= 0.6 is 0 Å². The molecule has 2 aromatic carbocycles. The minimum Gasteiger partial charge on any atom is -0.478 e. The maximum atomic E-state index is 13.1. The van der Waals surface area contributed by atoms with Gasteiger partial charge in [0.2, 0.25) is 16.1 Å². The van der Waals surface area contributed by atoms with Gasteiger partial charge in [-0.25, -0.2) is 22.6 Å². The summed E-state index contributed by atoms with van der Waals surface area (Å²) in [5.74, 6) is -2.09. The van der Waals surface area contributed by atoms with E-state index in [-0.39, 0.29) is 17.2 Å². The molecule has 1 unspecified atom stereocenters. The second-order valence-corrected chi connectivity index (χ2v) is 9.19. The van der Waals surface area contributed by atoms with Crippen LogP contribution in [0.2, 0.25) is 0 Å². The molecule has 0 aliphatic rings. The molecule has 180 valence electrons. The molecule has 1 N–H and O–H groups in total. The zero-order chi connectivity index (χ0) is 25.1. The second kappa shape index (κ2) is 9.77. The maximum Gasteiger partial charge on any atom is 0.433 e. The summed E-state index contributed by atoms with van der Waals surface area (Å²) in [6.45, 7) is -0.0580. The Morgan fingerprint density at radius 2 is 1.68 bits per heavy atom. The molecular weight excluding hydrogens is 480 g/mol. The van der Waals surface area contributed by atoms with Gasteiger partial charge < -0.3 is 9.84 Å². The van der Waals surface area contributed by atoms with Crippen molar-refractivity contribution < 1.29 is 40.6 Å². The summed E-state index contributed by atoms with van der Waals surface area (Å²) in [4.78, 5) is 14.9. The fraction of sp³-hybridized carbons (Fsp3) is 0.182. The summed E-state index contributed by atoms with van der Waals surface area (Å²) in [5, 5.41) is 9.43. The van der Waals surface area contributed by atoms with E-state index >= 15 is 0 Å². The number of pyridine rings is 1. The fourth-order valence-electron chi connectivity index (χ4n) is 2.93. The van der Waals surface area contributed by atoms with Crippen molar-refractivity contribution >= 4 is 16.0 Å². The molecule has 0 radical (unpaired) electrons. The monoisotopic (exact) mass is 498 g/mol. The van der Waals surface area contributed by atoms with E-state index in [1.54, 1.807) is 0 Å². The summed E-state index contributed by atoms with van der Waals surface area (Å²) in [6.07, 6.45) is -6.55. The van der Waals surface area contributed by atoms with Gasteiger partial charge in [0.25, 0.3) is 0 Å². The number of nitrogens with zero attached hydrogens (tertiary/aromatic N) is 2. The molecule has 7 nitrogen and oxygen atoms in total. The number of carboxylic acid groups (broad SMARTS) is 1. The van der Waals surface area contributed by atoms with E-state index in [1.165, 1.54) is 31.3 Å². The van der Waals surface area contributed by atoms with Crippen molar-refractivity contribution in [2.75, 3.05) is 7.05 Å². The van der Waals surface area contributed by atoms with Crippen LogP contribution in [0.4, 0.5) is 17.6 Å². The van der Waals surface area contributed by atoms with E-state index in [4.69, 9.17) is 4.74 Å². The predicted octanol–water partition coefficient (Wildman–Crippen LogP) is 4.26. The molecule has 12 heteroatoms. The van der Waals surface area contributed by atoms with Crippen LogP contribution in [-0.4, -0.2) is 35.8 Å². The Kier molecular flexibility index (Phi) is 7.22. The van der Waals surface area contributed by atoms with Crippen molar-refractivity contribution in [3.8, 4) is 5.75 Å². The first kappa shape index (κ1) is 25.1. The molecule has 0 spiro atoms. The normalized spacial score (nSPS) is 13.0. The van der Waals surface area contributed by atoms with Crippen LogP contribution < -0.4 is 4.74 Å². The van der Waals surface area contributed by atoms with Crippen LogP contribution in [0.5, 0.6) is 5.75 Å². The number of benzene rings is 2. The molecular formula is C22H18F4N2O5S. The predicted molar refractivity (Wildman–Crippen MR) is 112 cm³/mol. The number of hydrogen-bond donors (Lipinski definition) is 1. The van der Waals surface area contributed by atoms with Crippen molar-refractivity contribution in [1.82, 2.24) is 9.29 Å². The van der Waals surface area contributed by atoms with Crippen LogP contribution in [-0.2, 0) is 27.5 Å². The molecule has 3 rings (SSSR count). The quantitative estimate of drug-likeness (QED) is 0.466. The minimum absolute atomic E-state index is 0.0272. The topological polar surface area (TPSA) is 96.8 Å². The number of carbonyl (C=O) groups is 1. The molecule has 34 heavy (non-hydrogen) atoms. The van der Waals surface area contributed by atoms with Gasteiger partial charge in [0, 0.05) is 13.6 Å². The third-order valence-electron chi connectivity index (χ3n) is 4.66. The number of hydrogen-bond acceptors (Lipinski definition) is 5. The molecule has 0 saturated heterocycles. The van der Waals surface area contributed by atoms with Crippen molar-refractivity contribution in [2.24, 2.45) is 0 Å². The standard InChI is InChI=1S/C22H18F4N2O5S/c1-28(34(31,32)17-11-7-15(23)8-12-17)13-14-5-9-16(10-6-14)33-20(21(29)30)18-3-2-4-19(27-18)22(24,25)26/h2-12,20H,13H2,1H3,(H,29,30). The highest BCUT2D eigenvalue weighted by atomic mass is 32.2. The minimum atomic E-state index is -4.75. The van der Waals surface area contributed by atoms with Gasteiger partial charge in [-0.1, -0.05) is 18.2 Å². The van der Waals surface area contributed by atoms with E-state index < -0.39 is 45.5 Å². The average molecular weight is 498 g/mol. The van der Waals surface area contributed by atoms with Crippen molar-refractivity contribution in [1.29, 1.82) is 0 Å². The summed E-state index contributed by atoms with van der Waals surface area (Å²) in [5.41, 5.74) is -1.17. The summed E-state index contributed by atoms with van der Waals surface area (Å²) in [7, 11) is -2.55. The third-order valence-corrected chi connectivity index (χ3v) is 6.48. The molecule has 0 aliphatic heterocycles. The third kappa shape index (κ3) is 5.88. The molecule has 1 aromatic heterocycles. The van der Waals surface area contributed by atoms with E-state index in [0.717, 1.165) is 40.7 Å². The highest BCUT2D eigenvalue weighted by molar-refractivity contribution is 7.89. The summed E-state index contributed by atoms with van der Waals surface area (Å²) >= 11 is 0. The van der Waals surface area contributed by atoms with Gasteiger partial charge in [-0.15, -0.1) is 0 Å². The lowest BCUT2D eigenvalue weighted by Gasteiger charge is -2.18. The van der Waals surface area contributed by atoms with Gasteiger partial charge in [-0.2, -0.15) is 17.5 Å². The van der Waals surface area contributed by atoms with Gasteiger partial charge in [-0.3, -0.25) is 0 Å². The molecule has 3 aromatic rings. The SMILES string of the molecule is CN(Cc1ccc(OC(C(=O)O)c2cccc(C(F)(F)F)n2)cc1)S(=O)(=O)c1ccc(F)cc1. The summed E-state index contributed by atoms with van der Waals surface area (Å²) in [6, 6.07) is 12.9. The average Bonchev–Trinajstić information content (AvgIpc) is 2.78. The van der Waals surface area contributed by atoms with Gasteiger partial charge in [0.15, 0.2) is 0 Å². The van der Waals surface area contributed by atoms with Crippen molar-refractivity contribution in [3.63, 3.8) is 0 Å². The second-order valence-electron chi connectivity index (χ2n) is 7.14. The first-order valence-corrected chi connectivity index (χ1v) is 11.1. The van der Waals surface area contributed by atoms with Crippen LogP contribution in [0.15, 0.2) is 71.6 Å². The van der Waals surface area contributed by atoms with Gasteiger partial charge in [0.1, 0.15) is 17.3 Å². The molecule has 0 saturated carbocycles. The van der Waals surface area contributed by atoms with Gasteiger partial charge >= 0.3 is 12.1 Å². The van der Waals surface area contributed by atoms with E-state index in [1.807, 2.05) is 0 Å². The van der Waals surface area contributed by atoms with E-state index in [2.05, 4.69) is 4.98 Å². The molecule has 0 fully saturated rings. The Bertz CT molecular complexity index is 1260. The molecule has 0 bridgehead atoms. The van der Waals surface area contributed by atoms with Crippen LogP contribution in [0.25, 0.3) is 0 Å². The van der Waals surface area contributed by atoms with E-state index in [9.17, 15) is 35.9 Å². The highest BCUT2D eigenvalue weighted by Crippen LogP contribution is 2.29. The first-order chi connectivity index (χ1) is 15.9. The lowest BCUT2D eigenvalue weighted by molar-refractivity contribution is -0.147. The Hall–Kier alpha value is -3.51. The Balaban J connectivity index is 1.74. The number of aliphatic carboxylic acids is 1. The van der Waals surface area contributed by atoms with Gasteiger partial charge in [0.05, 0.1) is 10.6 Å². The fourth-order valence-corrected chi connectivity index (χ4v) is 4.09. The van der Waals surface area contributed by atoms with Crippen LogP contribution in [0.1, 0.15) is 23.1 Å². The highest BCUT2D eigenvalue weighted by Gasteiger charge is 2.34. The maximum absolute atomic E-state index is 13.1. The zero-order valence-electron chi connectivity index (χ0n) is 17.5. The van der Waals surface area contributed by atoms with Crippen LogP contribution in [0, 0.1) is 5.82 Å². The van der Waals surface area contributed by atoms with Crippen molar-refractivity contribution in [2.45, 2.75) is 23.7 Å². The molecule has 0 amide bonds. The van der Waals surface area contributed by atoms with E-state index in [0.29, 0.717) is 11.6 Å². The summed E-state index contributed by atoms with van der Waals surface area (Å²) < 4.78 is 83.4. The number of carboxylic acids is 1. The largest absolute Gasteiger partial charge is 0.478 e. The lowest BCUT2D eigenvalue weighted by Crippen LogP contribution is -2.26. The molecule has 0 aliphatic carbocycles. The number of halogens is 4. The molecule has 1 heterocycles. The first-order valence-electron chi connectivity index (χ1n) is 9.62. The number of ether oxygens (including phenoxy) is 1. The van der Waals surface area contributed by atoms with Crippen molar-refractivity contribution in [3.05, 3.63) is 89.5 Å². The number of alkyl halides is 3. The Morgan fingerprint density at radius 1 is 1.06 bits per heavy atom. The zero-order valence-corrected chi connectivity index (χ0v) is 18.3. The molecule has 1 atom stereocenters. The Morgan fingerprint density at radius 3 is 2.24 bits per heavy atom. The van der Waals surface area contributed by atoms with Gasteiger partial charge in [-0.05, 0) is 54.1 Å². The number of rotatable bonds is 8. The smallest absolute Gasteiger partial charge is 0.433 e. The number of aromatic nitrogens is 1. The Labute approximate surface area is 192 Å².